The van der Waals surface area contributed by atoms with Crippen LogP contribution >= 0.6 is 8.58 Å². The fourth-order valence-corrected chi connectivity index (χ4v) is 5.75. The van der Waals surface area contributed by atoms with Crippen LogP contribution in [0.25, 0.3) is 0 Å². The van der Waals surface area contributed by atoms with Crippen LogP contribution in [0.3, 0.4) is 0 Å². The lowest BCUT2D eigenvalue weighted by Gasteiger charge is -2.40. The lowest BCUT2D eigenvalue weighted by Crippen LogP contribution is -2.34. The molecule has 0 amide bonds. The predicted molar refractivity (Wildman–Crippen MR) is 92.4 cm³/mol. The second-order valence-electron chi connectivity index (χ2n) is 7.36. The fraction of sp³-hybridized carbons (Fsp3) is 1.00. The molecular formula is C18H35O2P. The van der Waals surface area contributed by atoms with Gasteiger partial charge in [-0.3, -0.25) is 0 Å². The molecule has 0 aliphatic heterocycles. The van der Waals surface area contributed by atoms with Gasteiger partial charge in [0.1, 0.15) is 0 Å². The predicted octanol–water partition coefficient (Wildman–Crippen LogP) is 4.18. The highest BCUT2D eigenvalue weighted by Gasteiger charge is 2.34. The Morgan fingerprint density at radius 3 is 1.95 bits per heavy atom. The first-order valence-electron chi connectivity index (χ1n) is 9.27. The van der Waals surface area contributed by atoms with Crippen LogP contribution in [0.4, 0.5) is 0 Å². The van der Waals surface area contributed by atoms with E-state index in [1.165, 1.54) is 50.8 Å². The van der Waals surface area contributed by atoms with E-state index >= 15 is 0 Å². The Morgan fingerprint density at radius 1 is 0.905 bits per heavy atom. The molecule has 21 heavy (non-hydrogen) atoms. The highest BCUT2D eigenvalue weighted by atomic mass is 31.1. The Balaban J connectivity index is 1.91. The molecule has 5 atom stereocenters. The normalized spacial score (nSPS) is 36.1. The van der Waals surface area contributed by atoms with Crippen molar-refractivity contribution < 1.29 is 10.2 Å². The van der Waals surface area contributed by atoms with Gasteiger partial charge in [-0.2, -0.15) is 0 Å². The molecule has 2 aliphatic rings. The molecule has 2 N–H and O–H groups in total. The first-order valence-corrected chi connectivity index (χ1v) is 10.7. The first kappa shape index (κ1) is 17.7. The van der Waals surface area contributed by atoms with Gasteiger partial charge in [-0.1, -0.05) is 26.2 Å². The molecule has 3 heteroatoms. The molecule has 0 heterocycles. The average Bonchev–Trinajstić information content (AvgIpc) is 2.47. The van der Waals surface area contributed by atoms with Crippen molar-refractivity contribution in [2.45, 2.75) is 83.3 Å². The zero-order chi connectivity index (χ0) is 15.1. The van der Waals surface area contributed by atoms with Crippen LogP contribution < -0.4 is 0 Å². The summed E-state index contributed by atoms with van der Waals surface area (Å²) < 4.78 is 0. The van der Waals surface area contributed by atoms with E-state index in [-0.39, 0.29) is 12.2 Å². The molecule has 124 valence electrons. The summed E-state index contributed by atoms with van der Waals surface area (Å²) in [7, 11) is 1.12. The van der Waals surface area contributed by atoms with Gasteiger partial charge in [0.25, 0.3) is 0 Å². The summed E-state index contributed by atoms with van der Waals surface area (Å²) in [6.45, 7) is 2.28. The van der Waals surface area contributed by atoms with Crippen molar-refractivity contribution in [1.82, 2.24) is 0 Å². The lowest BCUT2D eigenvalue weighted by molar-refractivity contribution is 0.0284. The largest absolute Gasteiger partial charge is 0.393 e. The number of aliphatic hydroxyl groups is 2. The Labute approximate surface area is 132 Å². The molecular weight excluding hydrogens is 279 g/mol. The third-order valence-electron chi connectivity index (χ3n) is 5.67. The molecule has 2 fully saturated rings. The van der Waals surface area contributed by atoms with Gasteiger partial charge in [0.05, 0.1) is 12.2 Å². The van der Waals surface area contributed by atoms with Crippen molar-refractivity contribution in [3.8, 4) is 0 Å². The summed E-state index contributed by atoms with van der Waals surface area (Å²) in [6, 6.07) is 0. The van der Waals surface area contributed by atoms with Crippen molar-refractivity contribution >= 4 is 8.58 Å². The molecule has 0 spiro atoms. The van der Waals surface area contributed by atoms with Gasteiger partial charge in [-0.05, 0) is 75.0 Å². The molecule has 2 saturated carbocycles. The Bertz CT molecular complexity index is 262. The van der Waals surface area contributed by atoms with Gasteiger partial charge in [0, 0.05) is 0 Å². The van der Waals surface area contributed by atoms with Crippen LogP contribution in [0.15, 0.2) is 0 Å². The minimum absolute atomic E-state index is 0.0575. The van der Waals surface area contributed by atoms with Crippen LogP contribution in [-0.4, -0.2) is 34.7 Å². The maximum atomic E-state index is 10.0. The van der Waals surface area contributed by atoms with Crippen LogP contribution in [-0.2, 0) is 0 Å². The molecule has 0 bridgehead atoms. The molecule has 0 radical (unpaired) electrons. The lowest BCUT2D eigenvalue weighted by atomic mass is 9.68. The third kappa shape index (κ3) is 5.81. The van der Waals surface area contributed by atoms with E-state index in [9.17, 15) is 10.2 Å². The van der Waals surface area contributed by atoms with Gasteiger partial charge in [-0.25, -0.2) is 0 Å². The van der Waals surface area contributed by atoms with Gasteiger partial charge >= 0.3 is 0 Å². The van der Waals surface area contributed by atoms with E-state index < -0.39 is 0 Å². The zero-order valence-electron chi connectivity index (χ0n) is 13.8. The van der Waals surface area contributed by atoms with E-state index in [4.69, 9.17) is 0 Å². The number of rotatable bonds is 7. The van der Waals surface area contributed by atoms with Gasteiger partial charge in [0.2, 0.25) is 0 Å². The van der Waals surface area contributed by atoms with Crippen molar-refractivity contribution in [2.75, 3.05) is 12.3 Å². The third-order valence-corrected chi connectivity index (χ3v) is 7.16. The van der Waals surface area contributed by atoms with Gasteiger partial charge in [0.15, 0.2) is 0 Å². The van der Waals surface area contributed by atoms with Crippen LogP contribution in [0.5, 0.6) is 0 Å². The maximum absolute atomic E-state index is 10.0. The van der Waals surface area contributed by atoms with Crippen molar-refractivity contribution in [1.29, 1.82) is 0 Å². The standard InChI is InChI=1S/C18H35O2P/c1-2-10-21-11-9-18(14-5-3-7-16(19)12-14)15-6-4-8-17(20)13-15/h14-21H,2-13H2,1H3. The summed E-state index contributed by atoms with van der Waals surface area (Å²) in [6.07, 6.45) is 14.4. The molecule has 0 aromatic carbocycles. The smallest absolute Gasteiger partial charge is 0.0543 e. The summed E-state index contributed by atoms with van der Waals surface area (Å²) >= 11 is 0. The molecule has 2 aliphatic carbocycles. The Morgan fingerprint density at radius 2 is 1.48 bits per heavy atom. The van der Waals surface area contributed by atoms with Crippen molar-refractivity contribution in [3.05, 3.63) is 0 Å². The van der Waals surface area contributed by atoms with E-state index in [2.05, 4.69) is 6.92 Å². The minimum Gasteiger partial charge on any atom is -0.393 e. The monoisotopic (exact) mass is 314 g/mol. The second kappa shape index (κ2) is 9.48. The SMILES string of the molecule is CCCPCCC(C1CCCC(O)C1)C1CCCC(O)C1. The Kier molecular flexibility index (Phi) is 7.99. The fourth-order valence-electron chi connectivity index (χ4n) is 4.61. The van der Waals surface area contributed by atoms with E-state index in [0.717, 1.165) is 52.0 Å². The molecule has 0 aromatic heterocycles. The number of hydrogen-bond acceptors (Lipinski definition) is 2. The highest BCUT2D eigenvalue weighted by molar-refractivity contribution is 7.37. The first-order chi connectivity index (χ1) is 10.2. The highest BCUT2D eigenvalue weighted by Crippen LogP contribution is 2.42. The van der Waals surface area contributed by atoms with Crippen LogP contribution in [0.2, 0.25) is 0 Å². The Hall–Kier alpha value is 0.350. The summed E-state index contributed by atoms with van der Waals surface area (Å²) in [5.74, 6) is 2.20. The van der Waals surface area contributed by atoms with E-state index in [1.807, 2.05) is 0 Å². The molecule has 5 unspecified atom stereocenters. The number of aliphatic hydroxyl groups excluding tert-OH is 2. The molecule has 0 saturated heterocycles. The van der Waals surface area contributed by atoms with Crippen LogP contribution in [0, 0.1) is 17.8 Å². The molecule has 0 aromatic rings. The second-order valence-corrected chi connectivity index (χ2v) is 8.86. The van der Waals surface area contributed by atoms with E-state index in [1.54, 1.807) is 0 Å². The average molecular weight is 314 g/mol. The summed E-state index contributed by atoms with van der Waals surface area (Å²) in [5, 5.41) is 20.1. The van der Waals surface area contributed by atoms with Crippen LogP contribution in [0.1, 0.15) is 71.1 Å². The zero-order valence-corrected chi connectivity index (χ0v) is 14.8. The molecule has 2 rings (SSSR count). The summed E-state index contributed by atoms with van der Waals surface area (Å²) in [5.41, 5.74) is 0. The van der Waals surface area contributed by atoms with Crippen molar-refractivity contribution in [3.63, 3.8) is 0 Å². The van der Waals surface area contributed by atoms with E-state index in [0.29, 0.717) is 0 Å². The minimum atomic E-state index is -0.0575. The number of hydrogen-bond donors (Lipinski definition) is 2. The maximum Gasteiger partial charge on any atom is 0.0543 e. The van der Waals surface area contributed by atoms with Gasteiger partial charge < -0.3 is 10.2 Å². The van der Waals surface area contributed by atoms with Crippen molar-refractivity contribution in [2.24, 2.45) is 17.8 Å². The quantitative estimate of drug-likeness (QED) is 0.546. The summed E-state index contributed by atoms with van der Waals surface area (Å²) in [4.78, 5) is 0. The van der Waals surface area contributed by atoms with Gasteiger partial charge in [-0.15, -0.1) is 8.58 Å². The molecule has 2 nitrogen and oxygen atoms in total. The topological polar surface area (TPSA) is 40.5 Å².